The molecule has 2 rings (SSSR count). The lowest BCUT2D eigenvalue weighted by Crippen LogP contribution is -2.59. The van der Waals surface area contributed by atoms with Gasteiger partial charge in [-0.3, -0.25) is 0 Å². The number of hydrogen-bond acceptors (Lipinski definition) is 44. The number of hydrogen-bond donors (Lipinski definition) is 35. The molecule has 1 aliphatic rings. The van der Waals surface area contributed by atoms with Crippen molar-refractivity contribution in [1.82, 2.24) is 0 Å². The quantitative estimate of drug-likeness (QED) is 0.0197. The molecule has 1 aromatic carbocycles. The van der Waals surface area contributed by atoms with Crippen LogP contribution < -0.4 is 0 Å². The van der Waals surface area contributed by atoms with Crippen LogP contribution in [0.15, 0.2) is 105 Å². The maximum absolute atomic E-state index is 12.1. The smallest absolute Gasteiger partial charge is 0.218 e. The summed E-state index contributed by atoms with van der Waals surface area (Å²) in [6, 6.07) is 6.16. The van der Waals surface area contributed by atoms with Gasteiger partial charge >= 0.3 is 0 Å². The van der Waals surface area contributed by atoms with Gasteiger partial charge in [0.05, 0.1) is 33.0 Å². The molecule has 0 aliphatic carbocycles. The second-order valence-electron chi connectivity index (χ2n) is 35.2. The van der Waals surface area contributed by atoms with Gasteiger partial charge in [0, 0.05) is 102 Å². The van der Waals surface area contributed by atoms with Gasteiger partial charge in [0.15, 0.2) is 86.9 Å². The number of aliphatic hydroxyl groups is 35. The molecule has 1 aliphatic heterocycles. The van der Waals surface area contributed by atoms with Gasteiger partial charge in [-0.15, -0.1) is 0 Å². The van der Waals surface area contributed by atoms with Gasteiger partial charge in [0.25, 0.3) is 0 Å². The SMILES string of the molecule is CCCCCCCCCCCCCCCCC(CO[C@H](O)/C(O)=C(/O)[C@@H](CCO)O[C@H](O)/C(O)=C(\O)[C@H](O)CCO)(CO[C@H](O)/C(O)=C(\O)[C@@H](CCO)O[C@@H]1OC(CO)[C@@H](O)C(O)C1O)Cc1ccccc1CC(CCCCCCCCCCCCCCCC)(CO[C@H](O)/C(O)=C(/O)[C@@H](CCO)O[C@H](O)/C(O)=C(/O)[C@H](O)CCO)CO[C@H](O)/C(O)=C(\O)[C@@H](CCO)O[C@H](O)/C(O)=C(\O)[C@H](O)CCO. The molecule has 1 fully saturated rings. The zero-order chi connectivity index (χ0) is 103. The predicted octanol–water partition coefficient (Wildman–Crippen LogP) is 6.18. The average Bonchev–Trinajstić information content (AvgIpc) is 0.799. The van der Waals surface area contributed by atoms with Crippen LogP contribution in [0.3, 0.4) is 0 Å². The van der Waals surface area contributed by atoms with Crippen molar-refractivity contribution >= 4 is 0 Å². The molecule has 806 valence electrons. The summed E-state index contributed by atoms with van der Waals surface area (Å²) in [4.78, 5) is 0. The summed E-state index contributed by atoms with van der Waals surface area (Å²) in [5.41, 5.74) is -3.24. The van der Waals surface area contributed by atoms with Crippen molar-refractivity contribution in [3.05, 3.63) is 116 Å². The van der Waals surface area contributed by atoms with E-state index in [-0.39, 0.29) is 36.8 Å². The Morgan fingerprint density at radius 3 is 0.761 bits per heavy atom. The van der Waals surface area contributed by atoms with Crippen molar-refractivity contribution in [2.45, 2.75) is 382 Å². The van der Waals surface area contributed by atoms with E-state index < -0.39 is 346 Å². The summed E-state index contributed by atoms with van der Waals surface area (Å²) in [6.45, 7) is -6.04. The molecule has 0 bridgehead atoms. The fourth-order valence-electron chi connectivity index (χ4n) is 15.6. The van der Waals surface area contributed by atoms with Crippen molar-refractivity contribution in [3.63, 3.8) is 0 Å². The van der Waals surface area contributed by atoms with Gasteiger partial charge in [-0.25, -0.2) is 0 Å². The van der Waals surface area contributed by atoms with E-state index in [1.807, 2.05) is 0 Å². The molecule has 44 nitrogen and oxygen atoms in total. The molecule has 1 saturated heterocycles. The van der Waals surface area contributed by atoms with Gasteiger partial charge in [-0.2, -0.15) is 0 Å². The molecule has 0 radical (unpaired) electrons. The largest absolute Gasteiger partial charge is 0.506 e. The summed E-state index contributed by atoms with van der Waals surface area (Å²) < 4.78 is 51.4. The van der Waals surface area contributed by atoms with Crippen molar-refractivity contribution < 1.29 is 221 Å². The summed E-state index contributed by atoms with van der Waals surface area (Å²) >= 11 is 0. The van der Waals surface area contributed by atoms with E-state index in [4.69, 9.17) is 42.6 Å². The van der Waals surface area contributed by atoms with E-state index in [0.717, 1.165) is 141 Å². The molecule has 5 unspecified atom stereocenters. The summed E-state index contributed by atoms with van der Waals surface area (Å²) in [5, 5.41) is 379. The van der Waals surface area contributed by atoms with E-state index >= 15 is 0 Å². The van der Waals surface area contributed by atoms with Gasteiger partial charge in [0.1, 0.15) is 67.1 Å². The molecule has 0 amide bonds. The van der Waals surface area contributed by atoms with E-state index in [9.17, 15) is 179 Å². The Balaban J connectivity index is 3.40. The normalized spacial score (nSPS) is 20.9. The minimum atomic E-state index is -2.70. The van der Waals surface area contributed by atoms with Crippen LogP contribution in [-0.2, 0) is 55.5 Å². The Morgan fingerprint density at radius 1 is 0.283 bits per heavy atom. The Labute approximate surface area is 806 Å². The zero-order valence-electron chi connectivity index (χ0n) is 79.7. The van der Waals surface area contributed by atoms with Crippen LogP contribution in [0.25, 0.3) is 0 Å². The zero-order valence-corrected chi connectivity index (χ0v) is 79.7. The van der Waals surface area contributed by atoms with Crippen molar-refractivity contribution in [3.8, 4) is 0 Å². The summed E-state index contributed by atoms with van der Waals surface area (Å²) in [6.07, 6.45) is -23.6. The lowest BCUT2D eigenvalue weighted by Gasteiger charge is -2.40. The maximum Gasteiger partial charge on any atom is 0.218 e. The van der Waals surface area contributed by atoms with Crippen molar-refractivity contribution in [1.29, 1.82) is 0 Å². The van der Waals surface area contributed by atoms with E-state index in [1.165, 1.54) is 12.1 Å². The third-order valence-corrected chi connectivity index (χ3v) is 24.0. The summed E-state index contributed by atoms with van der Waals surface area (Å²) in [7, 11) is 0. The standard InChI is InChI=1S/C94H166O44/c1-3-5-7-9-11-13-15-17-19-21-23-25-27-31-42-93(54-130-85(123)80(118)71(109)63(38-47-98)134-89(127)77(115)68(106)60(103)35-44-95,55-131-86(124)81(119)72(110)64(39-48-99)135-90(128)78(116)69(107)61(104)36-45-96)51-58-33-29-30-34-59(58)52-94(43-32-28-26-24-22-20-18-16-14-12-10-8-6-4-2,56-132-87(125)82(120)73(111)65(40-49-100)136-91(129)79(117)70(108)62(105)37-46-97)57-133-88(126)83(121)74(112)66(41-50-101)137-92-84(122)76(114)75(113)67(53-102)138-92/h29-30,33-34,60-67,75-76,84-92,95-129H,3-28,31-32,35-57H2,1-2H3/b77-68-,78-69+,79-70+,80-71-,81-72+,82-73-,83-74+/t60-,61-,62-,63-,64-,65-,66-,67?,75-,76?,84?,85+,86+,87+,88+,89+,90+,91+,92-,93?,94?/m1/s1. The molecule has 138 heavy (non-hydrogen) atoms. The second kappa shape index (κ2) is 71.8. The molecular weight excluding hydrogens is 1830 g/mol. The van der Waals surface area contributed by atoms with Crippen LogP contribution in [0, 0.1) is 10.8 Å². The molecule has 0 saturated carbocycles. The first-order chi connectivity index (χ1) is 65.8. The fourth-order valence-corrected chi connectivity index (χ4v) is 15.6. The predicted molar refractivity (Wildman–Crippen MR) is 494 cm³/mol. The molecule has 44 heteroatoms. The second-order valence-corrected chi connectivity index (χ2v) is 35.2. The number of rotatable bonds is 83. The number of aliphatic hydroxyl groups excluding tert-OH is 35. The van der Waals surface area contributed by atoms with Crippen LogP contribution in [0.5, 0.6) is 0 Å². The van der Waals surface area contributed by atoms with Gasteiger partial charge < -0.3 is 221 Å². The first kappa shape index (κ1) is 127. The highest BCUT2D eigenvalue weighted by molar-refractivity contribution is 5.30. The first-order valence-corrected chi connectivity index (χ1v) is 48.1. The van der Waals surface area contributed by atoms with Crippen molar-refractivity contribution in [2.24, 2.45) is 10.8 Å². The molecule has 1 heterocycles. The summed E-state index contributed by atoms with van der Waals surface area (Å²) in [5.74, 6) is -19.6. The topological polar surface area (TPSA) is 791 Å². The van der Waals surface area contributed by atoms with Crippen LogP contribution in [-0.4, -0.2) is 375 Å². The molecular formula is C94H166O44. The Morgan fingerprint density at radius 2 is 0.514 bits per heavy atom. The monoisotopic (exact) mass is 2000 g/mol. The van der Waals surface area contributed by atoms with E-state index in [2.05, 4.69) is 13.8 Å². The van der Waals surface area contributed by atoms with E-state index in [0.29, 0.717) is 25.7 Å². The molecule has 35 N–H and O–H groups in total. The van der Waals surface area contributed by atoms with Crippen LogP contribution in [0.2, 0.25) is 0 Å². The lowest BCUT2D eigenvalue weighted by atomic mass is 9.73. The number of benzene rings is 1. The molecule has 0 spiro atoms. The highest BCUT2D eigenvalue weighted by Crippen LogP contribution is 2.40. The van der Waals surface area contributed by atoms with Gasteiger partial charge in [-0.05, 0) is 36.8 Å². The highest BCUT2D eigenvalue weighted by atomic mass is 16.7. The van der Waals surface area contributed by atoms with Crippen LogP contribution >= 0.6 is 0 Å². The van der Waals surface area contributed by atoms with E-state index in [1.54, 1.807) is 12.1 Å². The number of ether oxygens (including phenoxy) is 9. The van der Waals surface area contributed by atoms with Gasteiger partial charge in [-0.1, -0.05) is 218 Å². The van der Waals surface area contributed by atoms with Crippen LogP contribution in [0.4, 0.5) is 0 Å². The Hall–Kier alpha value is -6.60. The molecule has 1 aromatic rings. The fraction of sp³-hybridized carbons (Fsp3) is 0.787. The average molecular weight is 2000 g/mol. The highest BCUT2D eigenvalue weighted by Gasteiger charge is 2.47. The van der Waals surface area contributed by atoms with Crippen LogP contribution in [0.1, 0.15) is 263 Å². The third kappa shape index (κ3) is 46.0. The minimum absolute atomic E-state index is 0.140. The lowest BCUT2D eigenvalue weighted by molar-refractivity contribution is -0.311. The number of unbranched alkanes of at least 4 members (excludes halogenated alkanes) is 26. The van der Waals surface area contributed by atoms with Gasteiger partial charge in [0.2, 0.25) is 44.0 Å². The third-order valence-electron chi connectivity index (χ3n) is 24.0. The Bertz CT molecular complexity index is 3530. The minimum Gasteiger partial charge on any atom is -0.506 e. The molecule has 0 aromatic heterocycles. The Kier molecular flexibility index (Phi) is 66.3. The molecule has 21 atom stereocenters. The van der Waals surface area contributed by atoms with Crippen molar-refractivity contribution in [2.75, 3.05) is 79.3 Å². The first-order valence-electron chi connectivity index (χ1n) is 48.1. The maximum atomic E-state index is 12.1.